The van der Waals surface area contributed by atoms with Crippen LogP contribution >= 0.6 is 0 Å². The molecule has 0 saturated carbocycles. The Morgan fingerprint density at radius 1 is 1.10 bits per heavy atom. The monoisotopic (exact) mass is 434 g/mol. The van der Waals surface area contributed by atoms with Gasteiger partial charge in [-0.15, -0.1) is 0 Å². The van der Waals surface area contributed by atoms with Crippen LogP contribution in [0.1, 0.15) is 59.8 Å². The molecule has 0 bridgehead atoms. The quantitative estimate of drug-likeness (QED) is 0.310. The van der Waals surface area contributed by atoms with E-state index in [1.165, 1.54) is 0 Å². The molecule has 2 aliphatic carbocycles. The summed E-state index contributed by atoms with van der Waals surface area (Å²) in [5, 5.41) is 0. The third kappa shape index (κ3) is 7.17. The fourth-order valence-electron chi connectivity index (χ4n) is 3.01. The van der Waals surface area contributed by atoms with Crippen LogP contribution in [0, 0.1) is 11.8 Å². The first kappa shape index (κ1) is 25.2. The molecule has 29 heavy (non-hydrogen) atoms. The normalized spacial score (nSPS) is 23.0. The van der Waals surface area contributed by atoms with Crippen molar-refractivity contribution in [2.45, 2.75) is 65.3 Å². The van der Waals surface area contributed by atoms with E-state index in [4.69, 9.17) is 0 Å². The van der Waals surface area contributed by atoms with E-state index in [0.717, 1.165) is 29.6 Å². The van der Waals surface area contributed by atoms with E-state index < -0.39 is 15.6 Å². The largest absolute Gasteiger partial charge is 0.534 e. The second-order valence-corrected chi connectivity index (χ2v) is 9.30. The predicted molar refractivity (Wildman–Crippen MR) is 107 cm³/mol. The third-order valence-electron chi connectivity index (χ3n) is 5.24. The van der Waals surface area contributed by atoms with Crippen molar-refractivity contribution in [2.75, 3.05) is 0 Å². The number of ketones is 1. The smallest absolute Gasteiger partial charge is 0.381 e. The summed E-state index contributed by atoms with van der Waals surface area (Å²) in [5.74, 6) is 0.536. The van der Waals surface area contributed by atoms with Crippen LogP contribution in [-0.2, 0) is 19.1 Å². The van der Waals surface area contributed by atoms with Gasteiger partial charge < -0.3 is 4.18 Å². The second-order valence-electron chi connectivity index (χ2n) is 7.77. The highest BCUT2D eigenvalue weighted by atomic mass is 32.2. The Balaban J connectivity index is 0.000000326. The minimum atomic E-state index is -5.57. The lowest BCUT2D eigenvalue weighted by Gasteiger charge is -2.25. The maximum absolute atomic E-state index is 12.2. The van der Waals surface area contributed by atoms with Gasteiger partial charge in [0.2, 0.25) is 0 Å². The molecule has 2 rings (SSSR count). The Kier molecular flexibility index (Phi) is 8.50. The summed E-state index contributed by atoms with van der Waals surface area (Å²) in [6.07, 6.45) is 5.09. The zero-order valence-electron chi connectivity index (χ0n) is 17.4. The molecule has 2 atom stereocenters. The molecule has 0 heterocycles. The second kappa shape index (κ2) is 9.78. The van der Waals surface area contributed by atoms with Crippen molar-refractivity contribution in [3.63, 3.8) is 0 Å². The maximum atomic E-state index is 12.2. The van der Waals surface area contributed by atoms with E-state index in [2.05, 4.69) is 17.3 Å². The summed E-state index contributed by atoms with van der Waals surface area (Å²) in [4.78, 5) is 11.2. The molecule has 8 heteroatoms. The summed E-state index contributed by atoms with van der Waals surface area (Å²) in [5.41, 5.74) is -1.99. The molecule has 4 nitrogen and oxygen atoms in total. The Morgan fingerprint density at radius 3 is 2.10 bits per heavy atom. The molecular formula is C21H29F3O4S. The summed E-state index contributed by atoms with van der Waals surface area (Å²) in [6, 6.07) is 0. The van der Waals surface area contributed by atoms with Crippen LogP contribution < -0.4 is 0 Å². The Hall–Kier alpha value is -1.83. The number of allylic oxidation sites excluding steroid dienone is 6. The van der Waals surface area contributed by atoms with Crippen LogP contribution in [0.2, 0.25) is 0 Å². The van der Waals surface area contributed by atoms with Gasteiger partial charge in [0.15, 0.2) is 5.78 Å². The van der Waals surface area contributed by atoms with Crippen LogP contribution in [0.5, 0.6) is 0 Å². The highest BCUT2D eigenvalue weighted by Gasteiger charge is 2.49. The first-order valence-electron chi connectivity index (χ1n) is 9.35. The molecule has 0 spiro atoms. The van der Waals surface area contributed by atoms with Gasteiger partial charge in [0.1, 0.15) is 5.76 Å². The number of halogens is 3. The van der Waals surface area contributed by atoms with Crippen LogP contribution in [0.4, 0.5) is 13.2 Å². The molecule has 0 saturated heterocycles. The van der Waals surface area contributed by atoms with Crippen LogP contribution in [0.3, 0.4) is 0 Å². The highest BCUT2D eigenvalue weighted by Crippen LogP contribution is 2.36. The van der Waals surface area contributed by atoms with Gasteiger partial charge in [0.25, 0.3) is 0 Å². The summed E-state index contributed by atoms with van der Waals surface area (Å²) in [7, 11) is -5.57. The molecule has 0 aromatic heterocycles. The van der Waals surface area contributed by atoms with Crippen molar-refractivity contribution in [3.05, 3.63) is 47.3 Å². The molecule has 0 aliphatic heterocycles. The van der Waals surface area contributed by atoms with Crippen LogP contribution in [-0.4, -0.2) is 19.7 Å². The minimum Gasteiger partial charge on any atom is -0.381 e. The molecule has 0 N–H and O–H groups in total. The van der Waals surface area contributed by atoms with Gasteiger partial charge in [-0.2, -0.15) is 21.6 Å². The average Bonchev–Trinajstić information content (AvgIpc) is 2.58. The molecular weight excluding hydrogens is 405 g/mol. The lowest BCUT2D eigenvalue weighted by molar-refractivity contribution is -0.116. The van der Waals surface area contributed by atoms with Gasteiger partial charge in [-0.1, -0.05) is 30.4 Å². The van der Waals surface area contributed by atoms with Crippen molar-refractivity contribution in [2.24, 2.45) is 11.8 Å². The average molecular weight is 435 g/mol. The van der Waals surface area contributed by atoms with Crippen molar-refractivity contribution in [1.29, 1.82) is 0 Å². The number of hydrogen-bond donors (Lipinski definition) is 0. The van der Waals surface area contributed by atoms with Gasteiger partial charge in [-0.3, -0.25) is 4.79 Å². The first-order valence-corrected chi connectivity index (χ1v) is 10.8. The maximum Gasteiger partial charge on any atom is 0.534 e. The van der Waals surface area contributed by atoms with Gasteiger partial charge in [0, 0.05) is 12.8 Å². The number of carbonyl (C=O) groups is 1. The molecule has 164 valence electrons. The van der Waals surface area contributed by atoms with E-state index in [0.29, 0.717) is 24.3 Å². The van der Waals surface area contributed by atoms with Crippen molar-refractivity contribution < 1.29 is 30.6 Å². The molecule has 0 aromatic carbocycles. The SMILES string of the molecule is C=C(C)[C@@H]1CC=C(C)C(=O)C1.C=C(C)[C@@H]1CCC(C)=C(OS(=O)(=O)C(F)(F)F)C1. The van der Waals surface area contributed by atoms with Gasteiger partial charge >= 0.3 is 15.6 Å². The predicted octanol–water partition coefficient (Wildman–Crippen LogP) is 5.99. The minimum absolute atomic E-state index is 0.0351. The molecule has 0 radical (unpaired) electrons. The number of rotatable bonds is 4. The van der Waals surface area contributed by atoms with Gasteiger partial charge in [0.05, 0.1) is 0 Å². The third-order valence-corrected chi connectivity index (χ3v) is 6.23. The Bertz CT molecular complexity index is 832. The standard InChI is InChI=1S/C11H15F3O3S.C10H14O/c1-7(2)9-5-4-8(3)10(6-9)17-18(15,16)11(12,13)14;1-7(2)9-5-4-8(3)10(11)6-9/h9H,1,4-6H2,2-3H3;4,9H,1,5-6H2,2-3H3/t2*9-/m11/s1. The zero-order chi connectivity index (χ0) is 22.6. The zero-order valence-corrected chi connectivity index (χ0v) is 18.2. The highest BCUT2D eigenvalue weighted by molar-refractivity contribution is 7.87. The number of Topliss-reactive ketones (excluding diaryl/α,β-unsaturated/α-hetero) is 1. The van der Waals surface area contributed by atoms with E-state index in [9.17, 15) is 26.4 Å². The Morgan fingerprint density at radius 2 is 1.66 bits per heavy atom. The number of carbonyl (C=O) groups excluding carboxylic acids is 1. The number of alkyl halides is 3. The van der Waals surface area contributed by atoms with Crippen LogP contribution in [0.15, 0.2) is 47.3 Å². The van der Waals surface area contributed by atoms with E-state index in [-0.39, 0.29) is 23.9 Å². The number of hydrogen-bond acceptors (Lipinski definition) is 4. The van der Waals surface area contributed by atoms with Gasteiger partial charge in [-0.25, -0.2) is 0 Å². The van der Waals surface area contributed by atoms with Crippen LogP contribution in [0.25, 0.3) is 0 Å². The van der Waals surface area contributed by atoms with E-state index >= 15 is 0 Å². The van der Waals surface area contributed by atoms with Crippen molar-refractivity contribution >= 4 is 15.9 Å². The fraction of sp³-hybridized carbons (Fsp3) is 0.571. The van der Waals surface area contributed by atoms with Crippen molar-refractivity contribution in [3.8, 4) is 0 Å². The molecule has 0 fully saturated rings. The van der Waals surface area contributed by atoms with E-state index in [1.54, 1.807) is 13.8 Å². The lowest BCUT2D eigenvalue weighted by atomic mass is 9.85. The summed E-state index contributed by atoms with van der Waals surface area (Å²) in [6.45, 7) is 14.8. The molecule has 2 aliphatic rings. The molecule has 0 unspecified atom stereocenters. The van der Waals surface area contributed by atoms with E-state index in [1.807, 2.05) is 19.9 Å². The summed E-state index contributed by atoms with van der Waals surface area (Å²) < 4.78 is 62.8. The Labute approximate surface area is 171 Å². The summed E-state index contributed by atoms with van der Waals surface area (Å²) >= 11 is 0. The molecule has 0 aromatic rings. The topological polar surface area (TPSA) is 60.4 Å². The van der Waals surface area contributed by atoms with Crippen molar-refractivity contribution in [1.82, 2.24) is 0 Å². The fourth-order valence-corrected chi connectivity index (χ4v) is 3.58. The van der Waals surface area contributed by atoms with Gasteiger partial charge in [-0.05, 0) is 69.9 Å². The lowest BCUT2D eigenvalue weighted by Crippen LogP contribution is -2.27. The molecule has 0 amide bonds. The first-order chi connectivity index (χ1) is 13.2.